The second kappa shape index (κ2) is 8.11. The van der Waals surface area contributed by atoms with E-state index in [0.29, 0.717) is 11.4 Å². The Balaban J connectivity index is 2.06. The van der Waals surface area contributed by atoms with Gasteiger partial charge in [0.05, 0.1) is 21.8 Å². The first-order chi connectivity index (χ1) is 14.1. The van der Waals surface area contributed by atoms with E-state index in [1.807, 2.05) is 0 Å². The molecule has 11 heteroatoms. The summed E-state index contributed by atoms with van der Waals surface area (Å²) < 4.78 is 66.5. The van der Waals surface area contributed by atoms with Crippen LogP contribution in [0.4, 0.5) is 18.9 Å². The number of para-hydroxylation sites is 2. The first kappa shape index (κ1) is 21.8. The quantitative estimate of drug-likeness (QED) is 0.446. The molecule has 0 spiro atoms. The molecule has 3 aromatic rings. The van der Waals surface area contributed by atoms with Gasteiger partial charge < -0.3 is 0 Å². The largest absolute Gasteiger partial charge is 0.393 e. The zero-order valence-corrected chi connectivity index (χ0v) is 17.0. The van der Waals surface area contributed by atoms with Crippen molar-refractivity contribution in [2.24, 2.45) is 4.99 Å². The Morgan fingerprint density at radius 3 is 2.37 bits per heavy atom. The third-order valence-electron chi connectivity index (χ3n) is 4.23. The lowest BCUT2D eigenvalue weighted by Gasteiger charge is -2.17. The number of benzene rings is 2. The van der Waals surface area contributed by atoms with Gasteiger partial charge in [-0.1, -0.05) is 41.9 Å². The fourth-order valence-corrected chi connectivity index (χ4v) is 4.19. The monoisotopic (exact) mass is 457 g/mol. The molecule has 1 atom stereocenters. The smallest absolute Gasteiger partial charge is 0.295 e. The van der Waals surface area contributed by atoms with Gasteiger partial charge in [-0.05, 0) is 31.2 Å². The predicted molar refractivity (Wildman–Crippen MR) is 108 cm³/mol. The van der Waals surface area contributed by atoms with E-state index in [-0.39, 0.29) is 11.3 Å². The van der Waals surface area contributed by atoms with E-state index in [1.54, 1.807) is 37.3 Å². The second-order valence-electron chi connectivity index (χ2n) is 6.22. The van der Waals surface area contributed by atoms with Crippen LogP contribution in [-0.2, 0) is 9.84 Å². The van der Waals surface area contributed by atoms with E-state index in [1.165, 1.54) is 16.8 Å². The lowest BCUT2D eigenvalue weighted by Crippen LogP contribution is -2.36. The van der Waals surface area contributed by atoms with E-state index >= 15 is 0 Å². The number of aryl methyl sites for hydroxylation is 1. The Kier molecular flexibility index (Phi) is 5.91. The first-order valence-electron chi connectivity index (χ1n) is 8.48. The molecule has 0 fully saturated rings. The van der Waals surface area contributed by atoms with Gasteiger partial charge in [0.15, 0.2) is 0 Å². The fourth-order valence-electron chi connectivity index (χ4n) is 2.66. The van der Waals surface area contributed by atoms with Crippen LogP contribution in [-0.4, -0.2) is 35.3 Å². The van der Waals surface area contributed by atoms with Crippen LogP contribution in [0.5, 0.6) is 0 Å². The van der Waals surface area contributed by atoms with Crippen molar-refractivity contribution < 1.29 is 21.6 Å². The highest BCUT2D eigenvalue weighted by molar-refractivity contribution is 7.92. The van der Waals surface area contributed by atoms with Crippen LogP contribution in [0.15, 0.2) is 69.3 Å². The maximum absolute atomic E-state index is 13.9. The fraction of sp³-hybridized carbons (Fsp3) is 0.158. The van der Waals surface area contributed by atoms with E-state index in [4.69, 9.17) is 11.6 Å². The number of halogens is 4. The summed E-state index contributed by atoms with van der Waals surface area (Å²) in [5.74, 6) is 0. The van der Waals surface area contributed by atoms with Crippen LogP contribution >= 0.6 is 11.6 Å². The normalized spacial score (nSPS) is 13.6. The molecule has 0 saturated heterocycles. The number of rotatable bonds is 6. The molecule has 6 nitrogen and oxygen atoms in total. The van der Waals surface area contributed by atoms with Gasteiger partial charge in [-0.3, -0.25) is 14.9 Å². The Hall–Kier alpha value is -2.85. The first-order valence-corrected chi connectivity index (χ1v) is 10.4. The molecule has 0 aliphatic rings. The minimum atomic E-state index is -5.48. The molecular weight excluding hydrogens is 443 g/mol. The summed E-state index contributed by atoms with van der Waals surface area (Å²) in [6.07, 6.45) is 1.06. The van der Waals surface area contributed by atoms with Crippen molar-refractivity contribution in [3.8, 4) is 5.69 Å². The number of aromatic amines is 1. The molecule has 1 unspecified atom stereocenters. The van der Waals surface area contributed by atoms with Crippen molar-refractivity contribution in [2.45, 2.75) is 22.7 Å². The molecule has 0 amide bonds. The Bertz CT molecular complexity index is 1250. The minimum Gasteiger partial charge on any atom is -0.295 e. The van der Waals surface area contributed by atoms with Crippen molar-refractivity contribution in [2.75, 3.05) is 0 Å². The van der Waals surface area contributed by atoms with Gasteiger partial charge in [0.2, 0.25) is 9.84 Å². The van der Waals surface area contributed by atoms with Gasteiger partial charge >= 0.3 is 5.25 Å². The van der Waals surface area contributed by atoms with Crippen LogP contribution in [0.1, 0.15) is 11.3 Å². The average Bonchev–Trinajstić information content (AvgIpc) is 3.00. The molecule has 3 rings (SSSR count). The van der Waals surface area contributed by atoms with E-state index < -0.39 is 31.2 Å². The molecule has 0 aliphatic carbocycles. The average molecular weight is 458 g/mol. The highest BCUT2D eigenvalue weighted by Gasteiger charge is 2.54. The van der Waals surface area contributed by atoms with Crippen molar-refractivity contribution in [3.63, 3.8) is 0 Å². The number of sulfone groups is 1. The number of hydrogen-bond donors (Lipinski definition) is 1. The molecule has 1 N–H and O–H groups in total. The van der Waals surface area contributed by atoms with Crippen molar-refractivity contribution in [3.05, 3.63) is 76.2 Å². The van der Waals surface area contributed by atoms with Gasteiger partial charge in [-0.2, -0.15) is 8.78 Å². The SMILES string of the molecule is Cc1[nH]n(-c2ccccc2)c(=O)c1C=Nc1ccccc1S(=O)(=O)C(F)(F)C(F)Cl. The van der Waals surface area contributed by atoms with Crippen LogP contribution in [0.2, 0.25) is 0 Å². The molecule has 1 aromatic heterocycles. The number of nitrogens with one attached hydrogen (secondary N) is 1. The van der Waals surface area contributed by atoms with Crippen molar-refractivity contribution in [1.82, 2.24) is 9.78 Å². The Morgan fingerprint density at radius 1 is 1.13 bits per heavy atom. The molecule has 0 saturated carbocycles. The molecule has 1 heterocycles. The minimum absolute atomic E-state index is 0.0959. The summed E-state index contributed by atoms with van der Waals surface area (Å²) in [5.41, 5.74) is -3.23. The van der Waals surface area contributed by atoms with E-state index in [0.717, 1.165) is 18.3 Å². The number of nitrogens with zero attached hydrogens (tertiary/aromatic N) is 2. The lowest BCUT2D eigenvalue weighted by molar-refractivity contribution is 0.0423. The summed E-state index contributed by atoms with van der Waals surface area (Å²) in [4.78, 5) is 15.7. The van der Waals surface area contributed by atoms with Crippen molar-refractivity contribution in [1.29, 1.82) is 0 Å². The third kappa shape index (κ3) is 3.80. The summed E-state index contributed by atoms with van der Waals surface area (Å²) in [7, 11) is -5.48. The van der Waals surface area contributed by atoms with Crippen molar-refractivity contribution >= 4 is 33.3 Å². The van der Waals surface area contributed by atoms with Gasteiger partial charge in [0.25, 0.3) is 11.2 Å². The molecule has 0 radical (unpaired) electrons. The number of alkyl halides is 4. The molecule has 2 aromatic carbocycles. The summed E-state index contributed by atoms with van der Waals surface area (Å²) >= 11 is 4.75. The van der Waals surface area contributed by atoms with Crippen LogP contribution in [0.3, 0.4) is 0 Å². The van der Waals surface area contributed by atoms with Gasteiger partial charge in [0, 0.05) is 11.9 Å². The maximum atomic E-state index is 13.9. The zero-order valence-electron chi connectivity index (χ0n) is 15.4. The standard InChI is InChI=1S/C19H15ClF3N3O3S/c1-12-14(17(27)26(25-12)13-7-3-2-4-8-13)11-24-15-9-5-6-10-16(15)30(28,29)19(22,23)18(20)21/h2-11,18,25H,1H3. The molecule has 158 valence electrons. The van der Waals surface area contributed by atoms with E-state index in [2.05, 4.69) is 10.1 Å². The zero-order chi connectivity index (χ0) is 22.1. The highest BCUT2D eigenvalue weighted by Crippen LogP contribution is 2.39. The molecular formula is C19H15ClF3N3O3S. The lowest BCUT2D eigenvalue weighted by atomic mass is 10.2. The predicted octanol–water partition coefficient (Wildman–Crippen LogP) is 4.13. The molecule has 0 aliphatic heterocycles. The van der Waals surface area contributed by atoms with Crippen LogP contribution in [0.25, 0.3) is 5.69 Å². The van der Waals surface area contributed by atoms with Crippen LogP contribution < -0.4 is 5.56 Å². The number of aromatic nitrogens is 2. The molecule has 0 bridgehead atoms. The van der Waals surface area contributed by atoms with Gasteiger partial charge in [-0.15, -0.1) is 0 Å². The maximum Gasteiger partial charge on any atom is 0.393 e. The summed E-state index contributed by atoms with van der Waals surface area (Å²) in [6, 6.07) is 13.2. The Morgan fingerprint density at radius 2 is 1.73 bits per heavy atom. The van der Waals surface area contributed by atoms with Crippen LogP contribution in [0, 0.1) is 6.92 Å². The number of aliphatic imine (C=N–C) groups is 1. The van der Waals surface area contributed by atoms with E-state index in [9.17, 15) is 26.4 Å². The third-order valence-corrected chi connectivity index (χ3v) is 6.48. The number of hydrogen-bond acceptors (Lipinski definition) is 4. The summed E-state index contributed by atoms with van der Waals surface area (Å²) in [6.45, 7) is 1.60. The highest BCUT2D eigenvalue weighted by atomic mass is 35.5. The topological polar surface area (TPSA) is 84.3 Å². The van der Waals surface area contributed by atoms with Gasteiger partial charge in [0.1, 0.15) is 0 Å². The number of H-pyrrole nitrogens is 1. The Labute approximate surface area is 174 Å². The summed E-state index contributed by atoms with van der Waals surface area (Å²) in [5, 5.41) is -2.00. The second-order valence-corrected chi connectivity index (χ2v) is 8.59. The molecule has 30 heavy (non-hydrogen) atoms. The van der Waals surface area contributed by atoms with Gasteiger partial charge in [-0.25, -0.2) is 17.5 Å².